The summed E-state index contributed by atoms with van der Waals surface area (Å²) in [7, 11) is -3.88. The number of thiophene rings is 1. The van der Waals surface area contributed by atoms with Crippen molar-refractivity contribution in [2.24, 2.45) is 0 Å². The highest BCUT2D eigenvalue weighted by atomic mass is 32.2. The topological polar surface area (TPSA) is 66.9 Å². The van der Waals surface area contributed by atoms with Crippen LogP contribution < -0.4 is 4.74 Å². The van der Waals surface area contributed by atoms with E-state index in [4.69, 9.17) is 4.74 Å². The minimum Gasteiger partial charge on any atom is -0.488 e. The fraction of sp³-hybridized carbons (Fsp3) is 0.370. The molecule has 0 bridgehead atoms. The number of hydrogen-bond donors (Lipinski definition) is 0. The Kier molecular flexibility index (Phi) is 8.12. The lowest BCUT2D eigenvalue weighted by atomic mass is 10.0. The van der Waals surface area contributed by atoms with Crippen LogP contribution in [0.2, 0.25) is 0 Å². The van der Waals surface area contributed by atoms with E-state index in [1.54, 1.807) is 58.7 Å². The lowest BCUT2D eigenvalue weighted by Gasteiger charge is -2.37. The first-order chi connectivity index (χ1) is 17.2. The second kappa shape index (κ2) is 11.1. The summed E-state index contributed by atoms with van der Waals surface area (Å²) in [5.74, 6) is -0.649. The van der Waals surface area contributed by atoms with Gasteiger partial charge in [-0.2, -0.15) is 4.31 Å². The highest BCUT2D eigenvalue weighted by Crippen LogP contribution is 2.34. The zero-order chi connectivity index (χ0) is 25.9. The minimum absolute atomic E-state index is 0.0739. The van der Waals surface area contributed by atoms with Crippen molar-refractivity contribution in [2.45, 2.75) is 50.6 Å². The third kappa shape index (κ3) is 5.48. The maximum Gasteiger partial charge on any atom is 0.243 e. The Hall–Kier alpha value is -2.75. The van der Waals surface area contributed by atoms with E-state index in [1.807, 2.05) is 32.2 Å². The number of hydrogen-bond acceptors (Lipinski definition) is 5. The van der Waals surface area contributed by atoms with Gasteiger partial charge in [0.25, 0.3) is 0 Å². The monoisotopic (exact) mass is 530 g/mol. The quantitative estimate of drug-likeness (QED) is 0.382. The number of fused-ring (bicyclic) bond motifs is 1. The van der Waals surface area contributed by atoms with Crippen LogP contribution in [-0.2, 0) is 21.2 Å². The maximum atomic E-state index is 14.2. The molecule has 0 fully saturated rings. The molecule has 0 saturated heterocycles. The molecule has 0 radical (unpaired) electrons. The fourth-order valence-corrected chi connectivity index (χ4v) is 6.94. The van der Waals surface area contributed by atoms with E-state index in [1.165, 1.54) is 10.4 Å². The average Bonchev–Trinajstić information content (AvgIpc) is 3.35. The van der Waals surface area contributed by atoms with Crippen LogP contribution >= 0.6 is 11.3 Å². The number of nitrogens with zero attached hydrogens (tertiary/aromatic N) is 2. The van der Waals surface area contributed by atoms with Gasteiger partial charge in [0.05, 0.1) is 17.5 Å². The molecule has 0 N–H and O–H groups in total. The maximum absolute atomic E-state index is 14.2. The van der Waals surface area contributed by atoms with Crippen LogP contribution in [0.4, 0.5) is 4.39 Å². The van der Waals surface area contributed by atoms with E-state index in [0.717, 1.165) is 16.0 Å². The summed E-state index contributed by atoms with van der Waals surface area (Å²) in [6.45, 7) is 5.84. The Labute approximate surface area is 216 Å². The SMILES string of the molecule is CC[C@H](C)N(CC(=O)N1CCc2sccc2[C@H]1COc1ccccc1F)S(=O)(=O)c1ccc(C)cc1. The summed E-state index contributed by atoms with van der Waals surface area (Å²) in [6, 6.07) is 14.0. The normalized spacial score (nSPS) is 16.6. The first-order valence-corrected chi connectivity index (χ1v) is 14.4. The molecule has 2 heterocycles. The van der Waals surface area contributed by atoms with Gasteiger partial charge in [-0.25, -0.2) is 12.8 Å². The molecule has 36 heavy (non-hydrogen) atoms. The number of rotatable bonds is 9. The summed E-state index contributed by atoms with van der Waals surface area (Å²) in [5.41, 5.74) is 1.92. The van der Waals surface area contributed by atoms with E-state index < -0.39 is 21.9 Å². The van der Waals surface area contributed by atoms with Crippen LogP contribution in [0.5, 0.6) is 5.75 Å². The van der Waals surface area contributed by atoms with Crippen molar-refractivity contribution in [3.8, 4) is 5.75 Å². The first kappa shape index (κ1) is 26.3. The van der Waals surface area contributed by atoms with Gasteiger partial charge in [0.15, 0.2) is 11.6 Å². The largest absolute Gasteiger partial charge is 0.488 e. The first-order valence-electron chi connectivity index (χ1n) is 12.0. The minimum atomic E-state index is -3.88. The van der Waals surface area contributed by atoms with Gasteiger partial charge in [-0.1, -0.05) is 36.8 Å². The molecule has 9 heteroatoms. The summed E-state index contributed by atoms with van der Waals surface area (Å²) in [5, 5.41) is 1.97. The second-order valence-corrected chi connectivity index (χ2v) is 11.9. The van der Waals surface area contributed by atoms with E-state index in [2.05, 4.69) is 0 Å². The number of benzene rings is 2. The molecule has 1 aliphatic rings. The molecular weight excluding hydrogens is 499 g/mol. The summed E-state index contributed by atoms with van der Waals surface area (Å²) >= 11 is 1.62. The summed E-state index contributed by atoms with van der Waals surface area (Å²) in [4.78, 5) is 16.7. The van der Waals surface area contributed by atoms with Crippen molar-refractivity contribution in [2.75, 3.05) is 19.7 Å². The molecule has 0 aliphatic carbocycles. The predicted molar refractivity (Wildman–Crippen MR) is 139 cm³/mol. The van der Waals surface area contributed by atoms with Gasteiger partial charge in [-0.3, -0.25) is 4.79 Å². The van der Waals surface area contributed by atoms with Gasteiger partial charge < -0.3 is 9.64 Å². The number of ether oxygens (including phenoxy) is 1. The van der Waals surface area contributed by atoms with Gasteiger partial charge in [-0.15, -0.1) is 11.3 Å². The Morgan fingerprint density at radius 2 is 1.92 bits per heavy atom. The number of para-hydroxylation sites is 1. The highest BCUT2D eigenvalue weighted by molar-refractivity contribution is 7.89. The van der Waals surface area contributed by atoms with Crippen molar-refractivity contribution in [1.29, 1.82) is 0 Å². The van der Waals surface area contributed by atoms with Crippen LogP contribution in [-0.4, -0.2) is 49.3 Å². The van der Waals surface area contributed by atoms with E-state index in [9.17, 15) is 17.6 Å². The number of carbonyl (C=O) groups is 1. The number of aryl methyl sites for hydroxylation is 1. The van der Waals surface area contributed by atoms with Gasteiger partial charge in [0.2, 0.25) is 15.9 Å². The van der Waals surface area contributed by atoms with Gasteiger partial charge in [0, 0.05) is 17.5 Å². The van der Waals surface area contributed by atoms with Gasteiger partial charge >= 0.3 is 0 Å². The second-order valence-electron chi connectivity index (χ2n) is 9.01. The summed E-state index contributed by atoms with van der Waals surface area (Å²) < 4.78 is 48.4. The average molecular weight is 531 g/mol. The van der Waals surface area contributed by atoms with Crippen molar-refractivity contribution in [1.82, 2.24) is 9.21 Å². The zero-order valence-corrected chi connectivity index (χ0v) is 22.3. The molecule has 192 valence electrons. The van der Waals surface area contributed by atoms with Crippen LogP contribution in [0.3, 0.4) is 0 Å². The predicted octanol–water partition coefficient (Wildman–Crippen LogP) is 5.19. The molecule has 2 aromatic carbocycles. The fourth-order valence-electron chi connectivity index (χ4n) is 4.36. The molecular formula is C27H31FN2O4S2. The lowest BCUT2D eigenvalue weighted by Crippen LogP contribution is -2.49. The molecule has 6 nitrogen and oxygen atoms in total. The van der Waals surface area contributed by atoms with Crippen molar-refractivity contribution in [3.05, 3.63) is 81.8 Å². The molecule has 4 rings (SSSR count). The third-order valence-electron chi connectivity index (χ3n) is 6.65. The van der Waals surface area contributed by atoms with Gasteiger partial charge in [-0.05, 0) is 68.0 Å². The number of halogens is 1. The van der Waals surface area contributed by atoms with Crippen molar-refractivity contribution < 1.29 is 22.3 Å². The summed E-state index contributed by atoms with van der Waals surface area (Å²) in [6.07, 6.45) is 1.25. The smallest absolute Gasteiger partial charge is 0.243 e. The van der Waals surface area contributed by atoms with Crippen molar-refractivity contribution >= 4 is 27.3 Å². The van der Waals surface area contributed by atoms with E-state index in [0.29, 0.717) is 19.4 Å². The molecule has 0 spiro atoms. The molecule has 1 aliphatic heterocycles. The molecule has 2 atom stereocenters. The zero-order valence-electron chi connectivity index (χ0n) is 20.7. The Morgan fingerprint density at radius 1 is 1.19 bits per heavy atom. The molecule has 1 amide bonds. The Bertz CT molecular complexity index is 1310. The lowest BCUT2D eigenvalue weighted by molar-refractivity contribution is -0.135. The molecule has 0 saturated carbocycles. The molecule has 3 aromatic rings. The van der Waals surface area contributed by atoms with Crippen LogP contribution in [0.25, 0.3) is 0 Å². The van der Waals surface area contributed by atoms with Crippen molar-refractivity contribution in [3.63, 3.8) is 0 Å². The standard InChI is InChI=1S/C27H31FN2O4S2/c1-4-20(3)30(36(32,33)21-11-9-19(2)10-12-21)17-27(31)29-15-13-26-22(14-16-35-26)24(29)18-34-25-8-6-5-7-23(25)28/h5-12,14,16,20,24H,4,13,15,17-18H2,1-3H3/t20-,24+/m0/s1. The van der Waals surface area contributed by atoms with E-state index in [-0.39, 0.29) is 35.7 Å². The van der Waals surface area contributed by atoms with Gasteiger partial charge in [0.1, 0.15) is 6.61 Å². The number of amides is 1. The van der Waals surface area contributed by atoms with Crippen LogP contribution in [0, 0.1) is 12.7 Å². The number of sulfonamides is 1. The number of carbonyl (C=O) groups excluding carboxylic acids is 1. The molecule has 1 aromatic heterocycles. The Morgan fingerprint density at radius 3 is 2.61 bits per heavy atom. The Balaban J connectivity index is 1.59. The van der Waals surface area contributed by atoms with Crippen LogP contribution in [0.1, 0.15) is 42.3 Å². The molecule has 0 unspecified atom stereocenters. The third-order valence-corrected chi connectivity index (χ3v) is 9.62. The van der Waals surface area contributed by atoms with Crippen LogP contribution in [0.15, 0.2) is 64.9 Å². The van der Waals surface area contributed by atoms with E-state index >= 15 is 0 Å². The highest BCUT2D eigenvalue weighted by Gasteiger charge is 2.36.